The standard InChI is InChI=1S/C18H20N2O4S2/c1-14-6-8-15(9-7-14)26(21,22)24-11-10-23-12-13-25-18-19-16-4-2-3-5-17(16)20-18/h2-9H,10-13H2,1H3,(H,19,20). The van der Waals surface area contributed by atoms with Crippen molar-refractivity contribution in [1.29, 1.82) is 0 Å². The molecule has 3 rings (SSSR count). The van der Waals surface area contributed by atoms with Gasteiger partial charge in [-0.25, -0.2) is 4.98 Å². The van der Waals surface area contributed by atoms with Crippen molar-refractivity contribution in [2.45, 2.75) is 17.0 Å². The van der Waals surface area contributed by atoms with Crippen LogP contribution >= 0.6 is 11.8 Å². The number of hydrogen-bond donors (Lipinski definition) is 1. The van der Waals surface area contributed by atoms with Crippen LogP contribution in [0.3, 0.4) is 0 Å². The third-order valence-electron chi connectivity index (χ3n) is 3.61. The van der Waals surface area contributed by atoms with Gasteiger partial charge in [0.2, 0.25) is 0 Å². The SMILES string of the molecule is Cc1ccc(S(=O)(=O)OCCOCCSc2nc3ccccc3[nH]2)cc1. The molecule has 8 heteroatoms. The van der Waals surface area contributed by atoms with E-state index in [4.69, 9.17) is 8.92 Å². The van der Waals surface area contributed by atoms with Gasteiger partial charge in [0.15, 0.2) is 5.16 Å². The third-order valence-corrected chi connectivity index (χ3v) is 5.77. The number of nitrogens with zero attached hydrogens (tertiary/aromatic N) is 1. The molecule has 138 valence electrons. The van der Waals surface area contributed by atoms with Gasteiger partial charge in [0.25, 0.3) is 10.1 Å². The first kappa shape index (κ1) is 18.9. The van der Waals surface area contributed by atoms with E-state index in [1.165, 1.54) is 12.1 Å². The molecule has 2 aromatic carbocycles. The number of thioether (sulfide) groups is 1. The summed E-state index contributed by atoms with van der Waals surface area (Å²) in [6, 6.07) is 14.4. The smallest absolute Gasteiger partial charge is 0.297 e. The zero-order valence-electron chi connectivity index (χ0n) is 14.3. The van der Waals surface area contributed by atoms with Crippen molar-refractivity contribution >= 4 is 32.9 Å². The Bertz CT molecular complexity index is 920. The van der Waals surface area contributed by atoms with E-state index in [1.54, 1.807) is 23.9 Å². The van der Waals surface area contributed by atoms with E-state index in [1.807, 2.05) is 31.2 Å². The third kappa shape index (κ3) is 5.07. The van der Waals surface area contributed by atoms with Crippen molar-refractivity contribution < 1.29 is 17.3 Å². The van der Waals surface area contributed by atoms with Gasteiger partial charge in [-0.3, -0.25) is 4.18 Å². The van der Waals surface area contributed by atoms with Gasteiger partial charge in [-0.15, -0.1) is 0 Å². The number of aromatic nitrogens is 2. The molecule has 6 nitrogen and oxygen atoms in total. The Hall–Kier alpha value is -1.87. The fourth-order valence-electron chi connectivity index (χ4n) is 2.27. The molecular formula is C18H20N2O4S2. The number of aryl methyl sites for hydroxylation is 1. The van der Waals surface area contributed by atoms with Gasteiger partial charge in [-0.2, -0.15) is 8.42 Å². The lowest BCUT2D eigenvalue weighted by molar-refractivity contribution is 0.114. The zero-order chi connectivity index (χ0) is 18.4. The van der Waals surface area contributed by atoms with Gasteiger partial charge in [0.1, 0.15) is 0 Å². The van der Waals surface area contributed by atoms with Crippen LogP contribution in [-0.2, 0) is 19.0 Å². The first-order valence-electron chi connectivity index (χ1n) is 8.16. The molecule has 0 saturated heterocycles. The summed E-state index contributed by atoms with van der Waals surface area (Å²) in [6.45, 7) is 2.58. The number of H-pyrrole nitrogens is 1. The number of rotatable bonds is 9. The van der Waals surface area contributed by atoms with Gasteiger partial charge in [0.05, 0.1) is 35.7 Å². The van der Waals surface area contributed by atoms with Crippen molar-refractivity contribution in [2.75, 3.05) is 25.6 Å². The van der Waals surface area contributed by atoms with Crippen LogP contribution in [0.15, 0.2) is 58.6 Å². The zero-order valence-corrected chi connectivity index (χ0v) is 16.0. The van der Waals surface area contributed by atoms with Crippen LogP contribution in [0.2, 0.25) is 0 Å². The van der Waals surface area contributed by atoms with Gasteiger partial charge in [0, 0.05) is 5.75 Å². The molecule has 0 unspecified atom stereocenters. The summed E-state index contributed by atoms with van der Waals surface area (Å²) in [6.07, 6.45) is 0. The number of fused-ring (bicyclic) bond motifs is 1. The van der Waals surface area contributed by atoms with Crippen molar-refractivity contribution in [3.63, 3.8) is 0 Å². The molecule has 0 aliphatic heterocycles. The summed E-state index contributed by atoms with van der Waals surface area (Å²) in [5.74, 6) is 0.713. The summed E-state index contributed by atoms with van der Waals surface area (Å²) >= 11 is 1.56. The van der Waals surface area contributed by atoms with Crippen LogP contribution in [0.4, 0.5) is 0 Å². The van der Waals surface area contributed by atoms with Crippen LogP contribution in [-0.4, -0.2) is 44.0 Å². The van der Waals surface area contributed by atoms with Crippen molar-refractivity contribution in [1.82, 2.24) is 9.97 Å². The maximum atomic E-state index is 12.0. The lowest BCUT2D eigenvalue weighted by atomic mass is 10.2. The van der Waals surface area contributed by atoms with Crippen LogP contribution < -0.4 is 0 Å². The van der Waals surface area contributed by atoms with Gasteiger partial charge >= 0.3 is 0 Å². The first-order chi connectivity index (χ1) is 12.5. The highest BCUT2D eigenvalue weighted by Crippen LogP contribution is 2.18. The lowest BCUT2D eigenvalue weighted by Crippen LogP contribution is -2.12. The summed E-state index contributed by atoms with van der Waals surface area (Å²) in [5, 5.41) is 0.841. The van der Waals surface area contributed by atoms with E-state index in [2.05, 4.69) is 9.97 Å². The van der Waals surface area contributed by atoms with Crippen LogP contribution in [0, 0.1) is 6.92 Å². The minimum absolute atomic E-state index is 0.00842. The number of para-hydroxylation sites is 2. The second-order valence-corrected chi connectivity index (χ2v) is 8.31. The predicted octanol–water partition coefficient (Wildman–Crippen LogP) is 3.39. The first-order valence-corrected chi connectivity index (χ1v) is 10.6. The number of imidazole rings is 1. The Labute approximate surface area is 157 Å². The van der Waals surface area contributed by atoms with E-state index in [0.717, 1.165) is 21.8 Å². The lowest BCUT2D eigenvalue weighted by Gasteiger charge is -2.06. The van der Waals surface area contributed by atoms with Crippen molar-refractivity contribution in [2.24, 2.45) is 0 Å². The van der Waals surface area contributed by atoms with Crippen LogP contribution in [0.25, 0.3) is 11.0 Å². The molecule has 1 heterocycles. The number of aromatic amines is 1. The van der Waals surface area contributed by atoms with Gasteiger partial charge < -0.3 is 9.72 Å². The topological polar surface area (TPSA) is 81.3 Å². The van der Waals surface area contributed by atoms with Crippen molar-refractivity contribution in [3.8, 4) is 0 Å². The molecule has 0 aliphatic rings. The summed E-state index contributed by atoms with van der Waals surface area (Å²) < 4.78 is 34.4. The Morgan fingerprint density at radius 1 is 1.04 bits per heavy atom. The second kappa shape index (κ2) is 8.68. The molecule has 1 N–H and O–H groups in total. The maximum absolute atomic E-state index is 12.0. The molecule has 0 bridgehead atoms. The number of nitrogens with one attached hydrogen (secondary N) is 1. The molecular weight excluding hydrogens is 372 g/mol. The summed E-state index contributed by atoms with van der Waals surface area (Å²) in [7, 11) is -3.73. The van der Waals surface area contributed by atoms with Crippen LogP contribution in [0.5, 0.6) is 0 Å². The molecule has 3 aromatic rings. The largest absolute Gasteiger partial charge is 0.378 e. The average molecular weight is 393 g/mol. The monoisotopic (exact) mass is 392 g/mol. The fourth-order valence-corrected chi connectivity index (χ4v) is 3.91. The maximum Gasteiger partial charge on any atom is 0.297 e. The Kier molecular flexibility index (Phi) is 6.31. The molecule has 0 saturated carbocycles. The minimum atomic E-state index is -3.73. The summed E-state index contributed by atoms with van der Waals surface area (Å²) in [5.41, 5.74) is 2.94. The Balaban J connectivity index is 1.34. The second-order valence-electron chi connectivity index (χ2n) is 5.61. The quantitative estimate of drug-likeness (QED) is 0.342. The number of hydrogen-bond acceptors (Lipinski definition) is 6. The molecule has 0 spiro atoms. The minimum Gasteiger partial charge on any atom is -0.378 e. The van der Waals surface area contributed by atoms with E-state index in [9.17, 15) is 8.42 Å². The Morgan fingerprint density at radius 2 is 1.81 bits per heavy atom. The molecule has 0 aliphatic carbocycles. The molecule has 0 atom stereocenters. The Morgan fingerprint density at radius 3 is 2.58 bits per heavy atom. The predicted molar refractivity (Wildman–Crippen MR) is 102 cm³/mol. The molecule has 0 radical (unpaired) electrons. The molecule has 26 heavy (non-hydrogen) atoms. The molecule has 0 fully saturated rings. The molecule has 1 aromatic heterocycles. The van der Waals surface area contributed by atoms with E-state index in [-0.39, 0.29) is 18.1 Å². The summed E-state index contributed by atoms with van der Waals surface area (Å²) in [4.78, 5) is 7.85. The normalized spacial score (nSPS) is 11.9. The highest BCUT2D eigenvalue weighted by molar-refractivity contribution is 7.99. The van der Waals surface area contributed by atoms with Crippen LogP contribution in [0.1, 0.15) is 5.56 Å². The highest BCUT2D eigenvalue weighted by Gasteiger charge is 2.14. The number of benzene rings is 2. The fraction of sp³-hybridized carbons (Fsp3) is 0.278. The van der Waals surface area contributed by atoms with Gasteiger partial charge in [-0.05, 0) is 31.2 Å². The van der Waals surface area contributed by atoms with Crippen molar-refractivity contribution in [3.05, 3.63) is 54.1 Å². The molecule has 0 amide bonds. The van der Waals surface area contributed by atoms with E-state index >= 15 is 0 Å². The van der Waals surface area contributed by atoms with E-state index < -0.39 is 10.1 Å². The number of ether oxygens (including phenoxy) is 1. The highest BCUT2D eigenvalue weighted by atomic mass is 32.2. The van der Waals surface area contributed by atoms with Gasteiger partial charge in [-0.1, -0.05) is 41.6 Å². The average Bonchev–Trinajstić information content (AvgIpc) is 3.04. The van der Waals surface area contributed by atoms with E-state index in [0.29, 0.717) is 12.4 Å².